The van der Waals surface area contributed by atoms with Gasteiger partial charge in [-0.25, -0.2) is 0 Å². The van der Waals surface area contributed by atoms with Crippen molar-refractivity contribution in [1.29, 1.82) is 0 Å². The minimum absolute atomic E-state index is 1.37. The minimum atomic E-state index is -1.73. The Morgan fingerprint density at radius 2 is 0.444 bits per heavy atom. The molecule has 0 aliphatic carbocycles. The van der Waals surface area contributed by atoms with Gasteiger partial charge in [-0.3, -0.25) is 0 Å². The summed E-state index contributed by atoms with van der Waals surface area (Å²) in [6.45, 7) is 9.39. The van der Waals surface area contributed by atoms with Crippen molar-refractivity contribution in [3.63, 3.8) is 0 Å². The van der Waals surface area contributed by atoms with E-state index < -0.39 is 5.31 Å². The predicted molar refractivity (Wildman–Crippen MR) is 178 cm³/mol. The number of rotatable bonds is 30. The molecule has 0 aromatic carbocycles. The van der Waals surface area contributed by atoms with Crippen molar-refractivity contribution in [3.8, 4) is 0 Å². The van der Waals surface area contributed by atoms with Gasteiger partial charge in [-0.15, -0.1) is 0 Å². The monoisotopic (exact) mass is 590 g/mol. The van der Waals surface area contributed by atoms with Crippen molar-refractivity contribution in [3.05, 3.63) is 0 Å². The molecule has 0 N–H and O–H groups in total. The molecule has 0 fully saturated rings. The van der Waals surface area contributed by atoms with Gasteiger partial charge in [0.15, 0.2) is 0 Å². The maximum atomic E-state index is 4.72. The first-order valence-corrected chi connectivity index (χ1v) is 22.3. The van der Waals surface area contributed by atoms with E-state index in [0.717, 1.165) is 0 Å². The Balaban J connectivity index is 4.44. The van der Waals surface area contributed by atoms with Crippen LogP contribution < -0.4 is 0 Å². The average molecular weight is 592 g/mol. The summed E-state index contributed by atoms with van der Waals surface area (Å²) in [6, 6.07) is 0. The first-order chi connectivity index (χ1) is 17.5. The molecule has 0 bridgehead atoms. The number of unbranched alkanes of at least 4 members (excludes halogenated alkanes) is 22. The molecular weight excluding hydrogens is 519 g/mol. The second-order valence-corrected chi connectivity index (χ2v) is 23.9. The van der Waals surface area contributed by atoms with Gasteiger partial charge in [0.1, 0.15) is 0 Å². The van der Waals surface area contributed by atoms with Crippen LogP contribution in [0, 0.1) is 0 Å². The zero-order valence-corrected chi connectivity index (χ0v) is 28.5. The van der Waals surface area contributed by atoms with Crippen LogP contribution >= 0.6 is 20.8 Å². The van der Waals surface area contributed by atoms with Gasteiger partial charge in [0.2, 0.25) is 0 Å². The molecule has 0 radical (unpaired) electrons. The average Bonchev–Trinajstić information content (AvgIpc) is 2.88. The van der Waals surface area contributed by atoms with Crippen molar-refractivity contribution in [2.24, 2.45) is 0 Å². The van der Waals surface area contributed by atoms with Crippen LogP contribution in [0.4, 0.5) is 0 Å². The summed E-state index contributed by atoms with van der Waals surface area (Å²) in [5.41, 5.74) is 0. The fourth-order valence-electron chi connectivity index (χ4n) is 6.17. The van der Waals surface area contributed by atoms with Crippen LogP contribution in [0.15, 0.2) is 0 Å². The maximum absolute atomic E-state index is 4.72. The van der Waals surface area contributed by atoms with Crippen molar-refractivity contribution in [2.45, 2.75) is 195 Å². The van der Waals surface area contributed by atoms with Crippen LogP contribution in [0.2, 0.25) is 0 Å². The Labute approximate surface area is 239 Å². The van der Waals surface area contributed by atoms with Crippen molar-refractivity contribution in [1.82, 2.24) is 0 Å². The van der Waals surface area contributed by atoms with E-state index in [0.29, 0.717) is 0 Å². The molecule has 220 valence electrons. The van der Waals surface area contributed by atoms with Gasteiger partial charge in [0, 0.05) is 0 Å². The molecule has 0 heterocycles. The van der Waals surface area contributed by atoms with Gasteiger partial charge in [-0.05, 0) is 0 Å². The number of hydrogen-bond acceptors (Lipinski definition) is 0. The molecule has 0 unspecified atom stereocenters. The summed E-state index contributed by atoms with van der Waals surface area (Å²) < 4.78 is 0. The molecule has 2 heteroatoms. The first-order valence-electron chi connectivity index (χ1n) is 17.3. The van der Waals surface area contributed by atoms with Gasteiger partial charge >= 0.3 is 214 Å². The second kappa shape index (κ2) is 26.1. The normalized spacial score (nSPS) is 13.2. The first kappa shape index (κ1) is 36.9. The Hall–Kier alpha value is 0.910. The van der Waals surface area contributed by atoms with Crippen LogP contribution in [0.3, 0.4) is 0 Å². The van der Waals surface area contributed by atoms with E-state index in [1.54, 1.807) is 24.6 Å². The number of halogens is 1. The molecule has 0 amide bonds. The molecule has 0 spiro atoms. The van der Waals surface area contributed by atoms with Gasteiger partial charge in [0.25, 0.3) is 0 Å². The third kappa shape index (κ3) is 21.8. The van der Waals surface area contributed by atoms with E-state index in [4.69, 9.17) is 15.5 Å². The van der Waals surface area contributed by atoms with Gasteiger partial charge in [-0.1, -0.05) is 26.2 Å². The molecule has 0 aromatic rings. The zero-order valence-electron chi connectivity index (χ0n) is 26.0. The molecule has 0 saturated heterocycles. The Morgan fingerprint density at radius 3 is 0.667 bits per heavy atom. The summed E-state index contributed by atoms with van der Waals surface area (Å²) in [4.78, 5) is 0. The molecule has 0 rings (SSSR count). The van der Waals surface area contributed by atoms with E-state index in [1.807, 2.05) is 0 Å². The fourth-order valence-corrected chi connectivity index (χ4v) is 14.6. The molecule has 36 heavy (non-hydrogen) atoms. The van der Waals surface area contributed by atoms with Crippen LogP contribution in [-0.2, 0) is 0 Å². The third-order valence-electron chi connectivity index (χ3n) is 8.78. The van der Waals surface area contributed by atoms with E-state index >= 15 is 0 Å². The van der Waals surface area contributed by atoms with Crippen molar-refractivity contribution in [2.75, 3.05) is 24.6 Å². The predicted octanol–water partition coefficient (Wildman–Crippen LogP) is 14.1. The Bertz CT molecular complexity index is 401. The molecule has 0 saturated carbocycles. The summed E-state index contributed by atoms with van der Waals surface area (Å²) in [7, 11) is 0. The van der Waals surface area contributed by atoms with E-state index in [1.165, 1.54) is 167 Å². The molecule has 0 aliphatic heterocycles. The van der Waals surface area contributed by atoms with Gasteiger partial charge in [-0.2, -0.15) is 0 Å². The van der Waals surface area contributed by atoms with Crippen LogP contribution in [0.1, 0.15) is 195 Å². The van der Waals surface area contributed by atoms with Crippen molar-refractivity contribution < 1.29 is 0 Å². The molecule has 0 aromatic heterocycles. The summed E-state index contributed by atoms with van der Waals surface area (Å²) in [6.07, 6.45) is 44.0. The molecule has 0 atom stereocenters. The van der Waals surface area contributed by atoms with Crippen LogP contribution in [-0.4, -0.2) is 24.6 Å². The third-order valence-corrected chi connectivity index (χ3v) is 18.8. The second-order valence-electron chi connectivity index (χ2n) is 12.5. The summed E-state index contributed by atoms with van der Waals surface area (Å²) in [5.74, 6) is 0. The molecule has 0 aliphatic rings. The van der Waals surface area contributed by atoms with Crippen molar-refractivity contribution >= 4 is 20.8 Å². The topological polar surface area (TPSA) is 0 Å². The summed E-state index contributed by atoms with van der Waals surface area (Å²) in [5, 5.41) is -1.73. The quantitative estimate of drug-likeness (QED) is 0.0576. The standard InChI is InChI=1S/C34H72BrP/c1-5-9-13-17-18-19-20-21-22-23-24-25-26-30-34-36(35,31-27-14-10-6-2,32-28-15-11-7-3)33-29-16-12-8-4/h5-34H2,1-4H3. The van der Waals surface area contributed by atoms with E-state index in [-0.39, 0.29) is 0 Å². The fraction of sp³-hybridized carbons (Fsp3) is 1.00. The molecular formula is C34H72BrP. The number of hydrogen-bond donors (Lipinski definition) is 0. The van der Waals surface area contributed by atoms with E-state index in [9.17, 15) is 0 Å². The molecule has 0 nitrogen and oxygen atoms in total. The van der Waals surface area contributed by atoms with E-state index in [2.05, 4.69) is 27.7 Å². The van der Waals surface area contributed by atoms with Crippen LogP contribution in [0.25, 0.3) is 0 Å². The zero-order chi connectivity index (χ0) is 26.7. The summed E-state index contributed by atoms with van der Waals surface area (Å²) >= 11 is 4.72. The van der Waals surface area contributed by atoms with Gasteiger partial charge < -0.3 is 0 Å². The van der Waals surface area contributed by atoms with Crippen LogP contribution in [0.5, 0.6) is 0 Å². The Kier molecular flexibility index (Phi) is 26.8. The SMILES string of the molecule is CCCCCCCCCCCCCCCCP(Br)(CCCCCC)(CCCCCC)CCCCCC. The Morgan fingerprint density at radius 1 is 0.278 bits per heavy atom. The van der Waals surface area contributed by atoms with Gasteiger partial charge in [0.05, 0.1) is 0 Å².